The van der Waals surface area contributed by atoms with Crippen molar-refractivity contribution in [2.24, 2.45) is 7.05 Å². The van der Waals surface area contributed by atoms with Gasteiger partial charge >= 0.3 is 0 Å². The van der Waals surface area contributed by atoms with Gasteiger partial charge < -0.3 is 5.32 Å². The maximum absolute atomic E-state index is 4.23. The molecule has 1 rings (SSSR count). The normalized spacial score (nSPS) is 10.8. The largest absolute Gasteiger partial charge is 0.317 e. The smallest absolute Gasteiger partial charge is 0.0524 e. The fourth-order valence-electron chi connectivity index (χ4n) is 1.53. The van der Waals surface area contributed by atoms with Crippen LogP contribution < -0.4 is 5.32 Å². The highest BCUT2D eigenvalue weighted by atomic mass is 15.3. The first-order chi connectivity index (χ1) is 6.75. The Balaban J connectivity index is 2.21. The minimum atomic E-state index is 1.08. The van der Waals surface area contributed by atoms with Crippen LogP contribution >= 0.6 is 0 Å². The van der Waals surface area contributed by atoms with Crippen LogP contribution in [0.25, 0.3) is 0 Å². The summed E-state index contributed by atoms with van der Waals surface area (Å²) in [5, 5.41) is 7.57. The molecule has 1 heterocycles. The highest BCUT2D eigenvalue weighted by Crippen LogP contribution is 2.09. The second-order valence-electron chi connectivity index (χ2n) is 3.69. The van der Waals surface area contributed by atoms with E-state index in [1.54, 1.807) is 0 Å². The average molecular weight is 195 g/mol. The van der Waals surface area contributed by atoms with Gasteiger partial charge in [0.05, 0.1) is 6.20 Å². The third kappa shape index (κ3) is 3.14. The summed E-state index contributed by atoms with van der Waals surface area (Å²) in [7, 11) is 2.00. The van der Waals surface area contributed by atoms with Crippen LogP contribution in [-0.4, -0.2) is 22.9 Å². The Labute approximate surface area is 86.5 Å². The highest BCUT2D eigenvalue weighted by Gasteiger charge is 2.02. The Morgan fingerprint density at radius 3 is 2.79 bits per heavy atom. The van der Waals surface area contributed by atoms with Crippen molar-refractivity contribution in [3.8, 4) is 0 Å². The fraction of sp³-hybridized carbons (Fsp3) is 0.727. The van der Waals surface area contributed by atoms with Crippen LogP contribution in [0.15, 0.2) is 6.20 Å². The van der Waals surface area contributed by atoms with Crippen LogP contribution in [0, 0.1) is 6.92 Å². The molecule has 0 spiro atoms. The number of rotatable bonds is 6. The first-order valence-electron chi connectivity index (χ1n) is 5.44. The summed E-state index contributed by atoms with van der Waals surface area (Å²) < 4.78 is 1.94. The molecular weight excluding hydrogens is 174 g/mol. The summed E-state index contributed by atoms with van der Waals surface area (Å²) in [5.74, 6) is 0. The number of aromatic nitrogens is 2. The molecule has 14 heavy (non-hydrogen) atoms. The molecule has 80 valence electrons. The van der Waals surface area contributed by atoms with Gasteiger partial charge in [0.25, 0.3) is 0 Å². The number of nitrogens with one attached hydrogen (secondary N) is 1. The van der Waals surface area contributed by atoms with Crippen molar-refractivity contribution in [3.63, 3.8) is 0 Å². The van der Waals surface area contributed by atoms with E-state index in [0.29, 0.717) is 0 Å². The summed E-state index contributed by atoms with van der Waals surface area (Å²) in [6.07, 6.45) is 5.65. The summed E-state index contributed by atoms with van der Waals surface area (Å²) in [6.45, 7) is 6.49. The first-order valence-corrected chi connectivity index (χ1v) is 5.44. The Kier molecular flexibility index (Phi) is 4.66. The third-order valence-corrected chi connectivity index (χ3v) is 2.64. The lowest BCUT2D eigenvalue weighted by molar-refractivity contribution is 0.639. The molecule has 1 N–H and O–H groups in total. The van der Waals surface area contributed by atoms with E-state index in [2.05, 4.69) is 24.3 Å². The standard InChI is InChI=1S/C11H21N3/c1-4-12-8-6-5-7-11-9-13-14(3)10(11)2/h9,12H,4-8H2,1-3H3. The molecule has 0 unspecified atom stereocenters. The van der Waals surface area contributed by atoms with Gasteiger partial charge in [0.15, 0.2) is 0 Å². The van der Waals surface area contributed by atoms with Crippen LogP contribution in [0.1, 0.15) is 31.0 Å². The maximum atomic E-state index is 4.23. The van der Waals surface area contributed by atoms with Gasteiger partial charge in [-0.05, 0) is 44.8 Å². The molecule has 0 fully saturated rings. The molecule has 0 aliphatic heterocycles. The van der Waals surface area contributed by atoms with Crippen molar-refractivity contribution in [2.45, 2.75) is 33.1 Å². The molecule has 0 aromatic carbocycles. The predicted octanol–water partition coefficient (Wildman–Crippen LogP) is 1.66. The van der Waals surface area contributed by atoms with Gasteiger partial charge in [-0.15, -0.1) is 0 Å². The third-order valence-electron chi connectivity index (χ3n) is 2.64. The molecule has 0 bridgehead atoms. The number of unbranched alkanes of at least 4 members (excludes halogenated alkanes) is 1. The van der Waals surface area contributed by atoms with Crippen molar-refractivity contribution < 1.29 is 0 Å². The van der Waals surface area contributed by atoms with E-state index < -0.39 is 0 Å². The molecule has 0 aliphatic rings. The lowest BCUT2D eigenvalue weighted by Crippen LogP contribution is -2.13. The van der Waals surface area contributed by atoms with Crippen molar-refractivity contribution in [3.05, 3.63) is 17.5 Å². The lowest BCUT2D eigenvalue weighted by Gasteiger charge is -2.02. The minimum Gasteiger partial charge on any atom is -0.317 e. The second-order valence-corrected chi connectivity index (χ2v) is 3.69. The molecule has 0 atom stereocenters. The predicted molar refractivity (Wildman–Crippen MR) is 59.4 cm³/mol. The highest BCUT2D eigenvalue weighted by molar-refractivity contribution is 5.15. The van der Waals surface area contributed by atoms with E-state index in [4.69, 9.17) is 0 Å². The molecule has 0 aliphatic carbocycles. The Morgan fingerprint density at radius 2 is 2.21 bits per heavy atom. The Bertz CT molecular complexity index is 265. The van der Waals surface area contributed by atoms with Gasteiger partial charge in [0.2, 0.25) is 0 Å². The monoisotopic (exact) mass is 195 g/mol. The molecular formula is C11H21N3. The molecule has 0 saturated heterocycles. The average Bonchev–Trinajstić information content (AvgIpc) is 2.49. The zero-order valence-electron chi connectivity index (χ0n) is 9.51. The number of hydrogen-bond acceptors (Lipinski definition) is 2. The minimum absolute atomic E-state index is 1.08. The van der Waals surface area contributed by atoms with Gasteiger partial charge in [-0.25, -0.2) is 0 Å². The number of aryl methyl sites for hydroxylation is 2. The van der Waals surface area contributed by atoms with Crippen LogP contribution in [0.2, 0.25) is 0 Å². The summed E-state index contributed by atoms with van der Waals surface area (Å²) in [4.78, 5) is 0. The van der Waals surface area contributed by atoms with Gasteiger partial charge in [-0.1, -0.05) is 6.92 Å². The Morgan fingerprint density at radius 1 is 1.43 bits per heavy atom. The zero-order valence-corrected chi connectivity index (χ0v) is 9.51. The van der Waals surface area contributed by atoms with Crippen molar-refractivity contribution in [2.75, 3.05) is 13.1 Å². The molecule has 0 amide bonds. The first kappa shape index (κ1) is 11.2. The van der Waals surface area contributed by atoms with Gasteiger partial charge in [-0.3, -0.25) is 4.68 Å². The van der Waals surface area contributed by atoms with E-state index in [-0.39, 0.29) is 0 Å². The molecule has 0 saturated carbocycles. The van der Waals surface area contributed by atoms with Gasteiger partial charge in [-0.2, -0.15) is 5.10 Å². The molecule has 0 radical (unpaired) electrons. The van der Waals surface area contributed by atoms with Gasteiger partial charge in [0, 0.05) is 12.7 Å². The maximum Gasteiger partial charge on any atom is 0.0524 e. The topological polar surface area (TPSA) is 29.9 Å². The van der Waals surface area contributed by atoms with E-state index in [0.717, 1.165) is 19.5 Å². The number of nitrogens with zero attached hydrogens (tertiary/aromatic N) is 2. The van der Waals surface area contributed by atoms with Crippen molar-refractivity contribution in [1.82, 2.24) is 15.1 Å². The SMILES string of the molecule is CCNCCCCc1cnn(C)c1C. The van der Waals surface area contributed by atoms with E-state index >= 15 is 0 Å². The Hall–Kier alpha value is -0.830. The summed E-state index contributed by atoms with van der Waals surface area (Å²) in [5.41, 5.74) is 2.69. The van der Waals surface area contributed by atoms with Crippen molar-refractivity contribution >= 4 is 0 Å². The quantitative estimate of drug-likeness (QED) is 0.700. The molecule has 1 aromatic rings. The summed E-state index contributed by atoms with van der Waals surface area (Å²) in [6, 6.07) is 0. The fourth-order valence-corrected chi connectivity index (χ4v) is 1.53. The van der Waals surface area contributed by atoms with E-state index in [1.165, 1.54) is 24.1 Å². The van der Waals surface area contributed by atoms with E-state index in [9.17, 15) is 0 Å². The van der Waals surface area contributed by atoms with Crippen LogP contribution in [-0.2, 0) is 13.5 Å². The van der Waals surface area contributed by atoms with Crippen LogP contribution in [0.4, 0.5) is 0 Å². The second kappa shape index (κ2) is 5.81. The molecule has 3 nitrogen and oxygen atoms in total. The lowest BCUT2D eigenvalue weighted by atomic mass is 10.1. The number of hydrogen-bond donors (Lipinski definition) is 1. The van der Waals surface area contributed by atoms with E-state index in [1.807, 2.05) is 17.9 Å². The molecule has 1 aromatic heterocycles. The van der Waals surface area contributed by atoms with Crippen LogP contribution in [0.5, 0.6) is 0 Å². The van der Waals surface area contributed by atoms with Crippen molar-refractivity contribution in [1.29, 1.82) is 0 Å². The zero-order chi connectivity index (χ0) is 10.4. The van der Waals surface area contributed by atoms with Gasteiger partial charge in [0.1, 0.15) is 0 Å². The molecule has 3 heteroatoms. The summed E-state index contributed by atoms with van der Waals surface area (Å²) >= 11 is 0. The van der Waals surface area contributed by atoms with Crippen LogP contribution in [0.3, 0.4) is 0 Å².